The van der Waals surface area contributed by atoms with E-state index in [1.165, 1.54) is 54.8 Å². The van der Waals surface area contributed by atoms with E-state index in [1.54, 1.807) is 0 Å². The van der Waals surface area contributed by atoms with Gasteiger partial charge in [0.2, 0.25) is 0 Å². The van der Waals surface area contributed by atoms with Crippen LogP contribution in [0.1, 0.15) is 0 Å². The van der Waals surface area contributed by atoms with Crippen molar-refractivity contribution in [2.45, 2.75) is 0 Å². The summed E-state index contributed by atoms with van der Waals surface area (Å²) in [5.74, 6) is 0. The van der Waals surface area contributed by atoms with Gasteiger partial charge in [0, 0.05) is 38.4 Å². The first-order valence-electron chi connectivity index (χ1n) is 21.2. The lowest BCUT2D eigenvalue weighted by Gasteiger charge is -2.16. The van der Waals surface area contributed by atoms with Crippen LogP contribution in [0, 0.1) is 0 Å². The zero-order valence-electron chi connectivity index (χ0n) is 33.9. The summed E-state index contributed by atoms with van der Waals surface area (Å²) in [6.07, 6.45) is 0. The Morgan fingerprint density at radius 1 is 0.274 bits per heavy atom. The Balaban J connectivity index is 1.07. The Kier molecular flexibility index (Phi) is 8.50. The maximum atomic E-state index is 5.50. The van der Waals surface area contributed by atoms with Crippen molar-refractivity contribution in [1.29, 1.82) is 0 Å². The molecule has 0 aliphatic heterocycles. The van der Waals surface area contributed by atoms with Crippen molar-refractivity contribution in [3.63, 3.8) is 0 Å². The number of hydrogen-bond acceptors (Lipinski definition) is 1. The Hall–Kier alpha value is -8.27. The minimum atomic E-state index is 0.921. The molecule has 0 unspecified atom stereocenters. The average Bonchev–Trinajstić information content (AvgIpc) is 3.87. The molecule has 0 saturated heterocycles. The van der Waals surface area contributed by atoms with E-state index < -0.39 is 0 Å². The monoisotopic (exact) mass is 789 g/mol. The van der Waals surface area contributed by atoms with Crippen LogP contribution >= 0.6 is 0 Å². The van der Waals surface area contributed by atoms with Gasteiger partial charge in [-0.2, -0.15) is 0 Å². The summed E-state index contributed by atoms with van der Waals surface area (Å²) >= 11 is 0. The van der Waals surface area contributed by atoms with Gasteiger partial charge < -0.3 is 9.13 Å². The fourth-order valence-electron chi connectivity index (χ4n) is 9.48. The fraction of sp³-hybridized carbons (Fsp3) is 0. The molecule has 0 saturated carbocycles. The molecule has 0 atom stereocenters. The first kappa shape index (κ1) is 35.7. The predicted molar refractivity (Wildman–Crippen MR) is 260 cm³/mol. The van der Waals surface area contributed by atoms with Crippen LogP contribution in [0.25, 0.3) is 111 Å². The Labute approximate surface area is 360 Å². The van der Waals surface area contributed by atoms with Gasteiger partial charge in [0.1, 0.15) is 0 Å². The Morgan fingerprint density at radius 3 is 1.40 bits per heavy atom. The lowest BCUT2D eigenvalue weighted by atomic mass is 9.97. The third kappa shape index (κ3) is 5.94. The molecular weight excluding hydrogens is 751 g/mol. The van der Waals surface area contributed by atoms with Gasteiger partial charge in [-0.15, -0.1) is 0 Å². The molecule has 0 N–H and O–H groups in total. The summed E-state index contributed by atoms with van der Waals surface area (Å²) in [5, 5.41) is 4.95. The van der Waals surface area contributed by atoms with E-state index in [0.29, 0.717) is 0 Å². The second-order valence-electron chi connectivity index (χ2n) is 15.9. The number of pyridine rings is 1. The van der Waals surface area contributed by atoms with Gasteiger partial charge in [-0.25, -0.2) is 4.98 Å². The molecule has 0 aliphatic rings. The quantitative estimate of drug-likeness (QED) is 0.158. The molecule has 3 heterocycles. The largest absolute Gasteiger partial charge is 0.309 e. The third-order valence-electron chi connectivity index (χ3n) is 12.3. The van der Waals surface area contributed by atoms with Gasteiger partial charge in [0.05, 0.1) is 39.1 Å². The smallest absolute Gasteiger partial charge is 0.0736 e. The summed E-state index contributed by atoms with van der Waals surface area (Å²) in [7, 11) is 0. The van der Waals surface area contributed by atoms with Crippen LogP contribution in [-0.4, -0.2) is 14.1 Å². The number of rotatable bonds is 7. The maximum Gasteiger partial charge on any atom is 0.0736 e. The van der Waals surface area contributed by atoms with Gasteiger partial charge in [0.25, 0.3) is 0 Å². The van der Waals surface area contributed by atoms with E-state index >= 15 is 0 Å². The van der Waals surface area contributed by atoms with Crippen LogP contribution in [0.5, 0.6) is 0 Å². The standard InChI is InChI=1S/C59H39N3/c1-4-17-40(18-5-1)43-31-33-47(34-32-43)61-54-29-14-11-26-49(54)58-56(61)35-36-57-59(58)50-27-12-15-30-55(50)62(57)53-28-13-10-25-48(53)52-39-46(42-21-8-3-9-22-42)38-51(60-52)45-24-16-23-44(37-45)41-19-6-2-7-20-41/h1-39H. The van der Waals surface area contributed by atoms with Crippen molar-refractivity contribution in [3.8, 4) is 67.3 Å². The highest BCUT2D eigenvalue weighted by molar-refractivity contribution is 6.29. The number of para-hydroxylation sites is 3. The molecule has 0 radical (unpaired) electrons. The zero-order valence-corrected chi connectivity index (χ0v) is 33.9. The van der Waals surface area contributed by atoms with Crippen LogP contribution < -0.4 is 0 Å². The number of aromatic nitrogens is 3. The molecule has 0 fully saturated rings. The SMILES string of the molecule is c1ccc(-c2ccc(-n3c4ccccc4c4c5c6ccccc6n(-c6ccccc6-c6cc(-c7ccccc7)cc(-c7cccc(-c8ccccc8)c7)n6)c5ccc43)cc2)cc1. The highest BCUT2D eigenvalue weighted by atomic mass is 15.0. The van der Waals surface area contributed by atoms with Crippen LogP contribution in [0.4, 0.5) is 0 Å². The van der Waals surface area contributed by atoms with Crippen molar-refractivity contribution in [2.24, 2.45) is 0 Å². The number of nitrogens with zero attached hydrogens (tertiary/aromatic N) is 3. The molecule has 12 aromatic rings. The van der Waals surface area contributed by atoms with E-state index in [1.807, 2.05) is 0 Å². The first-order chi connectivity index (χ1) is 30.8. The third-order valence-corrected chi connectivity index (χ3v) is 12.3. The molecule has 62 heavy (non-hydrogen) atoms. The van der Waals surface area contributed by atoms with E-state index in [0.717, 1.165) is 56.0 Å². The molecular formula is C59H39N3. The minimum Gasteiger partial charge on any atom is -0.309 e. The maximum absolute atomic E-state index is 5.50. The molecule has 12 rings (SSSR count). The molecule has 0 amide bonds. The molecule has 0 spiro atoms. The first-order valence-corrected chi connectivity index (χ1v) is 21.2. The predicted octanol–water partition coefficient (Wildman–Crippen LogP) is 15.6. The lowest BCUT2D eigenvalue weighted by Crippen LogP contribution is -1.99. The normalized spacial score (nSPS) is 11.5. The topological polar surface area (TPSA) is 22.8 Å². The van der Waals surface area contributed by atoms with E-state index in [4.69, 9.17) is 4.98 Å². The molecule has 290 valence electrons. The van der Waals surface area contributed by atoms with E-state index in [2.05, 4.69) is 246 Å². The Bertz CT molecular complexity index is 3600. The molecule has 3 aromatic heterocycles. The van der Waals surface area contributed by atoms with Crippen molar-refractivity contribution in [2.75, 3.05) is 0 Å². The fourth-order valence-corrected chi connectivity index (χ4v) is 9.48. The van der Waals surface area contributed by atoms with Crippen LogP contribution in [0.2, 0.25) is 0 Å². The highest BCUT2D eigenvalue weighted by Gasteiger charge is 2.22. The average molecular weight is 790 g/mol. The summed E-state index contributed by atoms with van der Waals surface area (Å²) in [5.41, 5.74) is 17.9. The van der Waals surface area contributed by atoms with Crippen molar-refractivity contribution >= 4 is 43.6 Å². The van der Waals surface area contributed by atoms with Crippen molar-refractivity contribution in [3.05, 3.63) is 237 Å². The minimum absolute atomic E-state index is 0.921. The van der Waals surface area contributed by atoms with E-state index in [-0.39, 0.29) is 0 Å². The van der Waals surface area contributed by atoms with E-state index in [9.17, 15) is 0 Å². The van der Waals surface area contributed by atoms with Crippen molar-refractivity contribution in [1.82, 2.24) is 14.1 Å². The van der Waals surface area contributed by atoms with Gasteiger partial charge in [-0.05, 0) is 94.0 Å². The van der Waals surface area contributed by atoms with Gasteiger partial charge in [-0.3, -0.25) is 0 Å². The lowest BCUT2D eigenvalue weighted by molar-refractivity contribution is 1.17. The molecule has 3 nitrogen and oxygen atoms in total. The molecule has 0 bridgehead atoms. The number of benzene rings is 9. The van der Waals surface area contributed by atoms with Gasteiger partial charge >= 0.3 is 0 Å². The molecule has 0 aliphatic carbocycles. The van der Waals surface area contributed by atoms with Crippen LogP contribution in [-0.2, 0) is 0 Å². The summed E-state index contributed by atoms with van der Waals surface area (Å²) in [6, 6.07) is 85.1. The highest BCUT2D eigenvalue weighted by Crippen LogP contribution is 2.44. The van der Waals surface area contributed by atoms with Gasteiger partial charge in [-0.1, -0.05) is 176 Å². The summed E-state index contributed by atoms with van der Waals surface area (Å²) in [4.78, 5) is 5.50. The molecule has 3 heteroatoms. The summed E-state index contributed by atoms with van der Waals surface area (Å²) in [6.45, 7) is 0. The van der Waals surface area contributed by atoms with Crippen LogP contribution in [0.3, 0.4) is 0 Å². The zero-order chi connectivity index (χ0) is 41.0. The summed E-state index contributed by atoms with van der Waals surface area (Å²) < 4.78 is 4.87. The number of hydrogen-bond donors (Lipinski definition) is 0. The molecule has 9 aromatic carbocycles. The second-order valence-corrected chi connectivity index (χ2v) is 15.9. The second kappa shape index (κ2) is 14.8. The Morgan fingerprint density at radius 2 is 0.742 bits per heavy atom. The number of fused-ring (bicyclic) bond motifs is 7. The van der Waals surface area contributed by atoms with Crippen molar-refractivity contribution < 1.29 is 0 Å². The van der Waals surface area contributed by atoms with Gasteiger partial charge in [0.15, 0.2) is 0 Å². The van der Waals surface area contributed by atoms with Crippen LogP contribution in [0.15, 0.2) is 237 Å².